The molecule has 2 amide bonds. The normalized spacial score (nSPS) is 22.2. The Labute approximate surface area is 128 Å². The van der Waals surface area contributed by atoms with Crippen LogP contribution in [-0.4, -0.2) is 16.8 Å². The first-order valence-electron chi connectivity index (χ1n) is 6.65. The lowest BCUT2D eigenvalue weighted by atomic mass is 9.78. The van der Waals surface area contributed by atoms with Crippen molar-refractivity contribution in [2.75, 3.05) is 4.90 Å². The number of carbonyl (C=O) groups is 2. The van der Waals surface area contributed by atoms with E-state index in [-0.39, 0.29) is 28.9 Å². The number of anilines is 1. The lowest BCUT2D eigenvalue weighted by molar-refractivity contribution is -0.126. The molecule has 0 radical (unpaired) electrons. The Balaban J connectivity index is 2.46. The van der Waals surface area contributed by atoms with Crippen molar-refractivity contribution < 1.29 is 14.0 Å². The lowest BCUT2D eigenvalue weighted by Crippen LogP contribution is -2.37. The number of nitrogens with two attached hydrogens (primary N) is 1. The monoisotopic (exact) mass is 308 g/mol. The fraction of sp³-hybridized carbons (Fsp3) is 0.400. The van der Waals surface area contributed by atoms with E-state index in [1.54, 1.807) is 6.92 Å². The molecule has 1 saturated heterocycles. The van der Waals surface area contributed by atoms with E-state index in [9.17, 15) is 14.0 Å². The molecule has 1 aliphatic rings. The fourth-order valence-electron chi connectivity index (χ4n) is 2.37. The van der Waals surface area contributed by atoms with Crippen molar-refractivity contribution >= 4 is 34.7 Å². The summed E-state index contributed by atoms with van der Waals surface area (Å²) in [6.45, 7) is 5.49. The van der Waals surface area contributed by atoms with Gasteiger partial charge in [-0.15, -0.1) is 0 Å². The maximum absolute atomic E-state index is 14.2. The highest BCUT2D eigenvalue weighted by Gasteiger charge is 2.51. The van der Waals surface area contributed by atoms with Crippen LogP contribution in [0.4, 0.5) is 10.1 Å². The van der Waals surface area contributed by atoms with Gasteiger partial charge in [0.1, 0.15) is 10.8 Å². The molecule has 1 atom stereocenters. The standard InChI is InChI=1S/C15H17FN2O2S/c1-8(2)15(3)7-12(19)18(14(15)20)11-5-4-9(13(17)21)6-10(11)16/h4-6,8H,7H2,1-3H3,(H2,17,21). The van der Waals surface area contributed by atoms with Gasteiger partial charge in [-0.25, -0.2) is 9.29 Å². The topological polar surface area (TPSA) is 63.4 Å². The Bertz CT molecular complexity index is 645. The Hall–Kier alpha value is -1.82. The van der Waals surface area contributed by atoms with Crippen molar-refractivity contribution in [3.63, 3.8) is 0 Å². The van der Waals surface area contributed by atoms with Gasteiger partial charge in [-0.1, -0.05) is 26.1 Å². The molecule has 1 aromatic carbocycles. The van der Waals surface area contributed by atoms with Crippen molar-refractivity contribution in [1.82, 2.24) is 0 Å². The number of benzene rings is 1. The van der Waals surface area contributed by atoms with Crippen LogP contribution in [0.2, 0.25) is 0 Å². The van der Waals surface area contributed by atoms with Gasteiger partial charge in [0, 0.05) is 12.0 Å². The van der Waals surface area contributed by atoms with Crippen LogP contribution >= 0.6 is 12.2 Å². The molecule has 2 rings (SSSR count). The van der Waals surface area contributed by atoms with Gasteiger partial charge in [0.05, 0.1) is 11.1 Å². The molecule has 2 N–H and O–H groups in total. The molecule has 1 heterocycles. The van der Waals surface area contributed by atoms with E-state index in [0.29, 0.717) is 5.56 Å². The molecule has 1 fully saturated rings. The Morgan fingerprint density at radius 2 is 2.05 bits per heavy atom. The third-order valence-electron chi connectivity index (χ3n) is 4.21. The van der Waals surface area contributed by atoms with Crippen LogP contribution in [0.1, 0.15) is 32.8 Å². The van der Waals surface area contributed by atoms with Gasteiger partial charge in [-0.2, -0.15) is 0 Å². The van der Waals surface area contributed by atoms with Crippen molar-refractivity contribution in [1.29, 1.82) is 0 Å². The number of hydrogen-bond donors (Lipinski definition) is 1. The summed E-state index contributed by atoms with van der Waals surface area (Å²) in [5.41, 5.74) is 4.95. The van der Waals surface area contributed by atoms with E-state index in [1.165, 1.54) is 12.1 Å². The minimum absolute atomic E-state index is 0.0158. The Morgan fingerprint density at radius 1 is 1.43 bits per heavy atom. The molecule has 0 saturated carbocycles. The average Bonchev–Trinajstić information content (AvgIpc) is 2.62. The molecular weight excluding hydrogens is 291 g/mol. The van der Waals surface area contributed by atoms with Crippen LogP contribution < -0.4 is 10.6 Å². The summed E-state index contributed by atoms with van der Waals surface area (Å²) in [6, 6.07) is 4.02. The third kappa shape index (κ3) is 2.44. The predicted octanol–water partition coefficient (Wildman–Crippen LogP) is 2.39. The summed E-state index contributed by atoms with van der Waals surface area (Å²) in [5, 5.41) is 0. The maximum Gasteiger partial charge on any atom is 0.240 e. The van der Waals surface area contributed by atoms with Crippen molar-refractivity contribution in [3.8, 4) is 0 Å². The second kappa shape index (κ2) is 5.18. The number of imide groups is 1. The molecule has 1 aliphatic heterocycles. The molecule has 21 heavy (non-hydrogen) atoms. The van der Waals surface area contributed by atoms with Crippen LogP contribution in [0.15, 0.2) is 18.2 Å². The summed E-state index contributed by atoms with van der Waals surface area (Å²) in [6.07, 6.45) is 0.0833. The minimum Gasteiger partial charge on any atom is -0.389 e. The van der Waals surface area contributed by atoms with Gasteiger partial charge in [-0.3, -0.25) is 9.59 Å². The molecule has 1 unspecified atom stereocenters. The molecular formula is C15H17FN2O2S. The van der Waals surface area contributed by atoms with Gasteiger partial charge in [0.25, 0.3) is 0 Å². The third-order valence-corrected chi connectivity index (χ3v) is 4.44. The van der Waals surface area contributed by atoms with Crippen LogP contribution in [0.25, 0.3) is 0 Å². The SMILES string of the molecule is CC(C)C1(C)CC(=O)N(c2ccc(C(N)=S)cc2F)C1=O. The first-order chi connectivity index (χ1) is 9.68. The van der Waals surface area contributed by atoms with Gasteiger partial charge < -0.3 is 5.73 Å². The number of amides is 2. The number of halogens is 1. The summed E-state index contributed by atoms with van der Waals surface area (Å²) >= 11 is 4.78. The molecule has 1 aromatic rings. The highest BCUT2D eigenvalue weighted by molar-refractivity contribution is 7.80. The lowest BCUT2D eigenvalue weighted by Gasteiger charge is -2.26. The van der Waals surface area contributed by atoms with Crippen LogP contribution in [-0.2, 0) is 9.59 Å². The second-order valence-corrected chi connectivity index (χ2v) is 6.25. The molecule has 112 valence electrons. The summed E-state index contributed by atoms with van der Waals surface area (Å²) < 4.78 is 14.2. The zero-order valence-corrected chi connectivity index (χ0v) is 13.0. The van der Waals surface area contributed by atoms with Gasteiger partial charge in [-0.05, 0) is 31.0 Å². The highest BCUT2D eigenvalue weighted by Crippen LogP contribution is 2.41. The van der Waals surface area contributed by atoms with E-state index in [2.05, 4.69) is 0 Å². The van der Waals surface area contributed by atoms with Crippen LogP contribution in [0.5, 0.6) is 0 Å². The Morgan fingerprint density at radius 3 is 2.48 bits per heavy atom. The molecule has 0 spiro atoms. The van der Waals surface area contributed by atoms with E-state index >= 15 is 0 Å². The predicted molar refractivity (Wildman–Crippen MR) is 82.3 cm³/mol. The molecule has 0 aliphatic carbocycles. The van der Waals surface area contributed by atoms with E-state index < -0.39 is 17.1 Å². The maximum atomic E-state index is 14.2. The summed E-state index contributed by atoms with van der Waals surface area (Å²) in [4.78, 5) is 25.7. The molecule has 6 heteroatoms. The molecule has 4 nitrogen and oxygen atoms in total. The summed E-state index contributed by atoms with van der Waals surface area (Å²) in [7, 11) is 0. The van der Waals surface area contributed by atoms with E-state index in [4.69, 9.17) is 18.0 Å². The number of thiocarbonyl (C=S) groups is 1. The fourth-order valence-corrected chi connectivity index (χ4v) is 2.50. The number of nitrogens with zero attached hydrogens (tertiary/aromatic N) is 1. The quantitative estimate of drug-likeness (QED) is 0.688. The van der Waals surface area contributed by atoms with Gasteiger partial charge in [0.15, 0.2) is 0 Å². The van der Waals surface area contributed by atoms with Crippen molar-refractivity contribution in [2.45, 2.75) is 27.2 Å². The zero-order valence-electron chi connectivity index (χ0n) is 12.1. The second-order valence-electron chi connectivity index (χ2n) is 5.81. The zero-order chi connectivity index (χ0) is 15.9. The largest absolute Gasteiger partial charge is 0.389 e. The van der Waals surface area contributed by atoms with Crippen molar-refractivity contribution in [3.05, 3.63) is 29.6 Å². The minimum atomic E-state index is -0.800. The van der Waals surface area contributed by atoms with E-state index in [0.717, 1.165) is 11.0 Å². The molecule has 0 bridgehead atoms. The number of carbonyl (C=O) groups excluding carboxylic acids is 2. The first-order valence-corrected chi connectivity index (χ1v) is 7.06. The first kappa shape index (κ1) is 15.6. The van der Waals surface area contributed by atoms with E-state index in [1.807, 2.05) is 13.8 Å². The highest BCUT2D eigenvalue weighted by atomic mass is 32.1. The van der Waals surface area contributed by atoms with Crippen LogP contribution in [0.3, 0.4) is 0 Å². The molecule has 0 aromatic heterocycles. The Kier molecular flexibility index (Phi) is 3.84. The summed E-state index contributed by atoms with van der Waals surface area (Å²) in [5.74, 6) is -1.46. The van der Waals surface area contributed by atoms with Gasteiger partial charge >= 0.3 is 0 Å². The van der Waals surface area contributed by atoms with Crippen molar-refractivity contribution in [2.24, 2.45) is 17.1 Å². The van der Waals surface area contributed by atoms with Crippen LogP contribution in [0, 0.1) is 17.2 Å². The van der Waals surface area contributed by atoms with Gasteiger partial charge in [0.2, 0.25) is 11.8 Å². The average molecular weight is 308 g/mol. The number of rotatable bonds is 3. The smallest absolute Gasteiger partial charge is 0.240 e. The number of hydrogen-bond acceptors (Lipinski definition) is 3.